The second kappa shape index (κ2) is 9.19. The van der Waals surface area contributed by atoms with Gasteiger partial charge in [0.25, 0.3) is 5.52 Å². The third-order valence-corrected chi connectivity index (χ3v) is 7.28. The van der Waals surface area contributed by atoms with Crippen LogP contribution in [-0.4, -0.2) is 41.2 Å². The number of methoxy groups -OCH3 is 1. The Kier molecular flexibility index (Phi) is 6.06. The Hall–Kier alpha value is -3.65. The molecule has 182 valence electrons. The molecule has 35 heavy (non-hydrogen) atoms. The van der Waals surface area contributed by atoms with Crippen molar-refractivity contribution in [1.29, 1.82) is 0 Å². The molecular formula is C27H31N4O4+. The summed E-state index contributed by atoms with van der Waals surface area (Å²) >= 11 is 0. The van der Waals surface area contributed by atoms with Gasteiger partial charge in [0, 0.05) is 40.4 Å². The van der Waals surface area contributed by atoms with Gasteiger partial charge >= 0.3 is 11.6 Å². The molecule has 2 aliphatic rings. The van der Waals surface area contributed by atoms with E-state index in [9.17, 15) is 15.1 Å². The average molecular weight is 476 g/mol. The van der Waals surface area contributed by atoms with Crippen LogP contribution >= 0.6 is 0 Å². The predicted molar refractivity (Wildman–Crippen MR) is 134 cm³/mol. The van der Waals surface area contributed by atoms with Crippen molar-refractivity contribution in [1.82, 2.24) is 0 Å². The van der Waals surface area contributed by atoms with E-state index in [0.717, 1.165) is 48.6 Å². The zero-order valence-corrected chi connectivity index (χ0v) is 19.8. The van der Waals surface area contributed by atoms with E-state index in [1.807, 2.05) is 12.1 Å². The van der Waals surface area contributed by atoms with Gasteiger partial charge in [-0.15, -0.1) is 0 Å². The fraction of sp³-hybridized carbons (Fsp3) is 0.370. The molecule has 0 unspecified atom stereocenters. The molecule has 0 spiro atoms. The van der Waals surface area contributed by atoms with E-state index in [2.05, 4.69) is 5.32 Å². The molecule has 0 saturated heterocycles. The van der Waals surface area contributed by atoms with Crippen LogP contribution in [-0.2, 0) is 0 Å². The molecule has 2 aromatic carbocycles. The maximum Gasteiger partial charge on any atom is 0.325 e. The number of carbonyl (C=O) groups is 1. The summed E-state index contributed by atoms with van der Waals surface area (Å²) in [5.41, 5.74) is 7.91. The molecule has 2 saturated carbocycles. The highest BCUT2D eigenvalue weighted by Gasteiger charge is 2.45. The number of aliphatic hydroxyl groups is 1. The molecule has 0 radical (unpaired) electrons. The second-order valence-electron chi connectivity index (χ2n) is 9.61. The van der Waals surface area contributed by atoms with Gasteiger partial charge in [0.05, 0.1) is 29.8 Å². The van der Waals surface area contributed by atoms with Crippen molar-refractivity contribution in [3.05, 3.63) is 59.8 Å². The molecule has 3 aromatic rings. The lowest BCUT2D eigenvalue weighted by Gasteiger charge is -2.35. The number of ether oxygens (including phenoxy) is 1. The number of benzene rings is 2. The second-order valence-corrected chi connectivity index (χ2v) is 9.61. The number of amides is 1. The van der Waals surface area contributed by atoms with Crippen molar-refractivity contribution in [3.63, 3.8) is 0 Å². The maximum atomic E-state index is 13.0. The highest BCUT2D eigenvalue weighted by Crippen LogP contribution is 2.47. The van der Waals surface area contributed by atoms with Crippen molar-refractivity contribution in [3.8, 4) is 5.75 Å². The summed E-state index contributed by atoms with van der Waals surface area (Å²) < 4.78 is 6.31. The highest BCUT2D eigenvalue weighted by atomic mass is 16.5. The molecule has 2 fully saturated rings. The van der Waals surface area contributed by atoms with Crippen LogP contribution in [0.4, 0.5) is 11.4 Å². The Morgan fingerprint density at radius 2 is 1.91 bits per heavy atom. The number of fused-ring (bicyclic) bond motifs is 1. The minimum absolute atomic E-state index is 0.0863. The van der Waals surface area contributed by atoms with E-state index < -0.39 is 11.5 Å². The van der Waals surface area contributed by atoms with Gasteiger partial charge in [-0.2, -0.15) is 0 Å². The molecule has 1 amide bonds. The fourth-order valence-electron chi connectivity index (χ4n) is 5.01. The largest absolute Gasteiger partial charge is 0.494 e. The van der Waals surface area contributed by atoms with E-state index in [4.69, 9.17) is 15.5 Å². The number of carbonyl (C=O) groups excluding carboxylic acids is 1. The standard InChI is InChI=1S/C27H30N4O4/c1-35-25-15-21(28)18(16-29-20-10-12-27(33,13-11-20)19-7-8-19)14-22(25)30-26(32)24-9-6-17-4-2-3-5-23(17)31(24)34/h2-6,9,14-16,19-20,28,32-34H,7-8,10-13H2,1H3/p+1. The summed E-state index contributed by atoms with van der Waals surface area (Å²) in [7, 11) is 1.50. The van der Waals surface area contributed by atoms with Crippen LogP contribution in [0.15, 0.2) is 53.5 Å². The molecule has 8 heteroatoms. The van der Waals surface area contributed by atoms with Gasteiger partial charge in [0.15, 0.2) is 0 Å². The van der Waals surface area contributed by atoms with Crippen molar-refractivity contribution < 1.29 is 24.6 Å². The van der Waals surface area contributed by atoms with Crippen LogP contribution in [0.3, 0.4) is 0 Å². The van der Waals surface area contributed by atoms with Crippen molar-refractivity contribution in [2.75, 3.05) is 18.2 Å². The number of nitrogen functional groups attached to an aromatic ring is 1. The zero-order valence-electron chi connectivity index (χ0n) is 19.8. The van der Waals surface area contributed by atoms with Crippen LogP contribution < -0.4 is 20.5 Å². The number of nitrogens with two attached hydrogens (primary N) is 1. The van der Waals surface area contributed by atoms with Crippen LogP contribution in [0.2, 0.25) is 0 Å². The number of anilines is 2. The number of pyridine rings is 1. The molecule has 1 heterocycles. The van der Waals surface area contributed by atoms with Crippen molar-refractivity contribution >= 4 is 34.4 Å². The first-order chi connectivity index (χ1) is 16.9. The molecule has 0 aliphatic heterocycles. The predicted octanol–water partition coefficient (Wildman–Crippen LogP) is 3.71. The van der Waals surface area contributed by atoms with Crippen LogP contribution in [0, 0.1) is 5.92 Å². The summed E-state index contributed by atoms with van der Waals surface area (Å²) in [5, 5.41) is 25.0. The minimum atomic E-state index is -0.505. The number of nitrogens with zero attached hydrogens (tertiary/aromatic N) is 2. The normalized spacial score (nSPS) is 22.4. The molecule has 1 aromatic heterocycles. The number of aromatic nitrogens is 1. The lowest BCUT2D eigenvalue weighted by molar-refractivity contribution is -0.885. The molecular weight excluding hydrogens is 444 g/mol. The monoisotopic (exact) mass is 475 g/mol. The Balaban J connectivity index is 1.34. The number of hydrogen-bond donors (Lipinski definition) is 4. The van der Waals surface area contributed by atoms with Crippen molar-refractivity contribution in [2.45, 2.75) is 50.2 Å². The quantitative estimate of drug-likeness (QED) is 0.187. The Labute approximate surface area is 204 Å². The third kappa shape index (κ3) is 4.66. The van der Waals surface area contributed by atoms with Crippen LogP contribution in [0.25, 0.3) is 10.9 Å². The number of nitrogens with one attached hydrogen (secondary N) is 1. The first-order valence-electron chi connectivity index (χ1n) is 12.1. The van der Waals surface area contributed by atoms with Crippen LogP contribution in [0.1, 0.15) is 54.6 Å². The lowest BCUT2D eigenvalue weighted by Crippen LogP contribution is -2.40. The number of hydrogen-bond acceptors (Lipinski definition) is 6. The van der Waals surface area contributed by atoms with Gasteiger partial charge in [-0.05, 0) is 62.6 Å². The first-order valence-corrected chi connectivity index (χ1v) is 12.1. The van der Waals surface area contributed by atoms with Gasteiger partial charge in [-0.25, -0.2) is 0 Å². The SMILES string of the molecule is COc1cc(N)c(C=NC2CCC(O)(C3CC3)CC2)cc1NC(=O)c1ccc2ccccc2[n+]1O. The molecule has 5 rings (SSSR count). The minimum Gasteiger partial charge on any atom is -0.494 e. The Morgan fingerprint density at radius 1 is 1.17 bits per heavy atom. The maximum absolute atomic E-state index is 13.0. The summed E-state index contributed by atoms with van der Waals surface area (Å²) in [6.45, 7) is 0. The Bertz CT molecular complexity index is 1290. The highest BCUT2D eigenvalue weighted by molar-refractivity contribution is 6.04. The van der Waals surface area contributed by atoms with Gasteiger partial charge in [-0.1, -0.05) is 12.1 Å². The van der Waals surface area contributed by atoms with E-state index >= 15 is 0 Å². The molecule has 2 aliphatic carbocycles. The summed E-state index contributed by atoms with van der Waals surface area (Å²) in [5.74, 6) is 0.386. The molecule has 8 nitrogen and oxygen atoms in total. The van der Waals surface area contributed by atoms with E-state index in [1.165, 1.54) is 7.11 Å². The molecule has 5 N–H and O–H groups in total. The smallest absolute Gasteiger partial charge is 0.325 e. The summed E-state index contributed by atoms with van der Waals surface area (Å²) in [4.78, 5) is 17.8. The van der Waals surface area contributed by atoms with E-state index in [-0.39, 0.29) is 11.7 Å². The van der Waals surface area contributed by atoms with E-state index in [0.29, 0.717) is 34.1 Å². The molecule has 0 atom stereocenters. The van der Waals surface area contributed by atoms with Crippen molar-refractivity contribution in [2.24, 2.45) is 10.9 Å². The van der Waals surface area contributed by atoms with Gasteiger partial charge in [0.1, 0.15) is 5.75 Å². The van der Waals surface area contributed by atoms with Gasteiger partial charge in [0.2, 0.25) is 0 Å². The summed E-state index contributed by atoms with van der Waals surface area (Å²) in [6.07, 6.45) is 7.27. The third-order valence-electron chi connectivity index (χ3n) is 7.28. The van der Waals surface area contributed by atoms with Gasteiger partial charge in [-0.3, -0.25) is 15.0 Å². The zero-order chi connectivity index (χ0) is 24.6. The first kappa shape index (κ1) is 23.1. The number of aliphatic imine (C=N–C) groups is 1. The van der Waals surface area contributed by atoms with Gasteiger partial charge < -0.3 is 20.9 Å². The summed E-state index contributed by atoms with van der Waals surface area (Å²) in [6, 6.07) is 14.1. The van der Waals surface area contributed by atoms with E-state index in [1.54, 1.807) is 42.6 Å². The lowest BCUT2D eigenvalue weighted by atomic mass is 9.79. The van der Waals surface area contributed by atoms with Crippen LogP contribution in [0.5, 0.6) is 5.75 Å². The average Bonchev–Trinajstić information content (AvgIpc) is 3.72. The molecule has 0 bridgehead atoms. The number of rotatable bonds is 6. The number of para-hydroxylation sites is 1. The Morgan fingerprint density at radius 3 is 2.63 bits per heavy atom. The topological polar surface area (TPSA) is 121 Å². The fourth-order valence-corrected chi connectivity index (χ4v) is 5.01.